The molecule has 0 atom stereocenters. The molecule has 0 heterocycles. The van der Waals surface area contributed by atoms with Gasteiger partial charge in [0.05, 0.1) is 12.7 Å². The summed E-state index contributed by atoms with van der Waals surface area (Å²) in [6.45, 7) is 1.43. The number of halogens is 4. The van der Waals surface area contributed by atoms with Crippen LogP contribution in [0, 0.1) is 0 Å². The van der Waals surface area contributed by atoms with Gasteiger partial charge >= 0.3 is 18.5 Å². The van der Waals surface area contributed by atoms with Gasteiger partial charge in [-0.15, -0.1) is 0 Å². The lowest BCUT2D eigenvalue weighted by Crippen LogP contribution is -2.36. The Bertz CT molecular complexity index is 1020. The minimum Gasteiger partial charge on any atom is -0.493 e. The molecule has 178 valence electrons. The zero-order valence-corrected chi connectivity index (χ0v) is 17.4. The van der Waals surface area contributed by atoms with Gasteiger partial charge in [-0.1, -0.05) is 25.1 Å². The third-order valence-electron chi connectivity index (χ3n) is 4.30. The standard InChI is InChI=1S/C22H20F4O7/c1-3-21(29,30)18(27)11-6-13-4-8-15(9-5-13)32-19(28)14-7-10-16(17(12-14)31-2)33-22(25,26)20(23)24/h4-12,20,29-30H,3H2,1-2H3/b11-6+. The summed E-state index contributed by atoms with van der Waals surface area (Å²) in [5, 5.41) is 18.9. The van der Waals surface area contributed by atoms with Crippen LogP contribution in [0.25, 0.3) is 6.08 Å². The Morgan fingerprint density at radius 2 is 1.70 bits per heavy atom. The molecule has 0 aliphatic rings. The van der Waals surface area contributed by atoms with E-state index in [4.69, 9.17) is 9.47 Å². The highest BCUT2D eigenvalue weighted by Crippen LogP contribution is 2.35. The minimum atomic E-state index is -4.75. The molecule has 0 aliphatic carbocycles. The second-order valence-electron chi connectivity index (χ2n) is 6.66. The summed E-state index contributed by atoms with van der Waals surface area (Å²) in [6.07, 6.45) is -6.66. The van der Waals surface area contributed by atoms with Gasteiger partial charge in [-0.2, -0.15) is 17.6 Å². The molecule has 0 saturated carbocycles. The zero-order chi connectivity index (χ0) is 24.8. The van der Waals surface area contributed by atoms with Gasteiger partial charge in [0.25, 0.3) is 0 Å². The van der Waals surface area contributed by atoms with E-state index in [0.29, 0.717) is 5.56 Å². The van der Waals surface area contributed by atoms with Crippen molar-refractivity contribution in [2.24, 2.45) is 0 Å². The summed E-state index contributed by atoms with van der Waals surface area (Å²) in [6, 6.07) is 8.66. The Balaban J connectivity index is 2.10. The fraction of sp³-hybridized carbons (Fsp3) is 0.273. The lowest BCUT2D eigenvalue weighted by atomic mass is 10.1. The molecular formula is C22H20F4O7. The van der Waals surface area contributed by atoms with E-state index in [1.807, 2.05) is 0 Å². The van der Waals surface area contributed by atoms with E-state index >= 15 is 0 Å². The minimum absolute atomic E-state index is 0.0965. The molecule has 0 aromatic heterocycles. The van der Waals surface area contributed by atoms with E-state index in [1.165, 1.54) is 37.3 Å². The first-order chi connectivity index (χ1) is 15.4. The van der Waals surface area contributed by atoms with Crippen LogP contribution in [0.5, 0.6) is 17.2 Å². The van der Waals surface area contributed by atoms with Gasteiger partial charge in [-0.05, 0) is 42.0 Å². The van der Waals surface area contributed by atoms with Crippen LogP contribution in [0.2, 0.25) is 0 Å². The Morgan fingerprint density at radius 1 is 1.06 bits per heavy atom. The Morgan fingerprint density at radius 3 is 2.24 bits per heavy atom. The number of benzene rings is 2. The molecule has 0 radical (unpaired) electrons. The van der Waals surface area contributed by atoms with E-state index in [0.717, 1.165) is 31.4 Å². The van der Waals surface area contributed by atoms with Crippen LogP contribution in [0.15, 0.2) is 48.5 Å². The van der Waals surface area contributed by atoms with Gasteiger partial charge in [-0.3, -0.25) is 4.79 Å². The van der Waals surface area contributed by atoms with Gasteiger partial charge in [-0.25, -0.2) is 4.79 Å². The van der Waals surface area contributed by atoms with E-state index < -0.39 is 35.8 Å². The molecule has 2 aromatic carbocycles. The maximum absolute atomic E-state index is 13.1. The highest BCUT2D eigenvalue weighted by atomic mass is 19.3. The summed E-state index contributed by atoms with van der Waals surface area (Å²) in [5.74, 6) is -5.23. The summed E-state index contributed by atoms with van der Waals surface area (Å²) in [5.41, 5.74) is 0.370. The molecule has 0 amide bonds. The van der Waals surface area contributed by atoms with Crippen molar-refractivity contribution < 1.29 is 51.6 Å². The Hall–Kier alpha value is -3.44. The summed E-state index contributed by atoms with van der Waals surface area (Å²) in [7, 11) is 1.08. The number of carbonyl (C=O) groups is 2. The van der Waals surface area contributed by atoms with Crippen LogP contribution >= 0.6 is 0 Å². The normalized spacial score (nSPS) is 12.2. The smallest absolute Gasteiger partial charge is 0.461 e. The van der Waals surface area contributed by atoms with Crippen molar-refractivity contribution in [3.63, 3.8) is 0 Å². The van der Waals surface area contributed by atoms with Crippen molar-refractivity contribution in [2.75, 3.05) is 7.11 Å². The first kappa shape index (κ1) is 25.8. The van der Waals surface area contributed by atoms with Crippen LogP contribution < -0.4 is 14.2 Å². The maximum Gasteiger partial charge on any atom is 0.461 e. The highest BCUT2D eigenvalue weighted by molar-refractivity contribution is 5.98. The number of methoxy groups -OCH3 is 1. The first-order valence-electron chi connectivity index (χ1n) is 9.42. The Labute approximate surface area is 185 Å². The van der Waals surface area contributed by atoms with Crippen molar-refractivity contribution in [1.82, 2.24) is 0 Å². The molecule has 0 spiro atoms. The topological polar surface area (TPSA) is 102 Å². The predicted octanol–water partition coefficient (Wildman–Crippen LogP) is 3.82. The number of ether oxygens (including phenoxy) is 3. The maximum atomic E-state index is 13.1. The van der Waals surface area contributed by atoms with E-state index in [-0.39, 0.29) is 23.5 Å². The predicted molar refractivity (Wildman–Crippen MR) is 107 cm³/mol. The molecule has 2 rings (SSSR count). The van der Waals surface area contributed by atoms with E-state index in [2.05, 4.69) is 4.74 Å². The monoisotopic (exact) mass is 472 g/mol. The van der Waals surface area contributed by atoms with Crippen molar-refractivity contribution >= 4 is 17.8 Å². The average Bonchev–Trinajstić information content (AvgIpc) is 2.78. The molecule has 0 saturated heterocycles. The number of carbonyl (C=O) groups excluding carboxylic acids is 2. The first-order valence-corrected chi connectivity index (χ1v) is 9.42. The van der Waals surface area contributed by atoms with Crippen molar-refractivity contribution in [1.29, 1.82) is 0 Å². The summed E-state index contributed by atoms with van der Waals surface area (Å²) < 4.78 is 64.9. The van der Waals surface area contributed by atoms with E-state index in [9.17, 15) is 37.4 Å². The Kier molecular flexibility index (Phi) is 8.18. The van der Waals surface area contributed by atoms with Gasteiger partial charge < -0.3 is 24.4 Å². The molecule has 33 heavy (non-hydrogen) atoms. The molecule has 2 N–H and O–H groups in total. The molecular weight excluding hydrogens is 452 g/mol. The molecule has 0 bridgehead atoms. The molecule has 2 aromatic rings. The largest absolute Gasteiger partial charge is 0.493 e. The molecule has 7 nitrogen and oxygen atoms in total. The lowest BCUT2D eigenvalue weighted by molar-refractivity contribution is -0.253. The number of rotatable bonds is 10. The van der Waals surface area contributed by atoms with E-state index in [1.54, 1.807) is 0 Å². The van der Waals surface area contributed by atoms with Crippen molar-refractivity contribution in [2.45, 2.75) is 31.7 Å². The van der Waals surface area contributed by atoms with Gasteiger partial charge in [0.2, 0.25) is 11.6 Å². The quantitative estimate of drug-likeness (QED) is 0.178. The number of ketones is 1. The second kappa shape index (κ2) is 10.5. The van der Waals surface area contributed by atoms with Crippen LogP contribution in [-0.4, -0.2) is 47.4 Å². The fourth-order valence-electron chi connectivity index (χ4n) is 2.36. The van der Waals surface area contributed by atoms with Gasteiger partial charge in [0.15, 0.2) is 11.5 Å². The van der Waals surface area contributed by atoms with Crippen molar-refractivity contribution in [3.05, 3.63) is 59.7 Å². The van der Waals surface area contributed by atoms with Crippen LogP contribution in [0.3, 0.4) is 0 Å². The SMILES string of the molecule is CCC(O)(O)C(=O)/C=C/c1ccc(OC(=O)c2ccc(OC(F)(F)C(F)F)c(OC)c2)cc1. The van der Waals surface area contributed by atoms with Crippen molar-refractivity contribution in [3.8, 4) is 17.2 Å². The summed E-state index contributed by atoms with van der Waals surface area (Å²) in [4.78, 5) is 24.0. The second-order valence-corrected chi connectivity index (χ2v) is 6.66. The van der Waals surface area contributed by atoms with Gasteiger partial charge in [0.1, 0.15) is 5.75 Å². The number of hydrogen-bond donors (Lipinski definition) is 2. The molecule has 0 aliphatic heterocycles. The van der Waals surface area contributed by atoms with Crippen LogP contribution in [-0.2, 0) is 4.79 Å². The fourth-order valence-corrected chi connectivity index (χ4v) is 2.36. The lowest BCUT2D eigenvalue weighted by Gasteiger charge is -2.18. The molecule has 0 fully saturated rings. The third kappa shape index (κ3) is 6.77. The third-order valence-corrected chi connectivity index (χ3v) is 4.30. The number of alkyl halides is 4. The number of aliphatic hydroxyl groups is 2. The van der Waals surface area contributed by atoms with Crippen LogP contribution in [0.4, 0.5) is 17.6 Å². The average molecular weight is 472 g/mol. The van der Waals surface area contributed by atoms with Gasteiger partial charge in [0, 0.05) is 6.42 Å². The summed E-state index contributed by atoms with van der Waals surface area (Å²) >= 11 is 0. The molecule has 0 unspecified atom stereocenters. The number of hydrogen-bond acceptors (Lipinski definition) is 7. The highest BCUT2D eigenvalue weighted by Gasteiger charge is 2.44. The van der Waals surface area contributed by atoms with Crippen LogP contribution in [0.1, 0.15) is 29.3 Å². The zero-order valence-electron chi connectivity index (χ0n) is 17.4. The molecule has 11 heteroatoms. The number of esters is 1.